The van der Waals surface area contributed by atoms with Gasteiger partial charge in [-0.25, -0.2) is 0 Å². The van der Waals surface area contributed by atoms with E-state index in [4.69, 9.17) is 0 Å². The molecule has 0 aliphatic carbocycles. The SMILES string of the molecule is C=C(C)C[C@H](c1c[nH]c2ccc(Br)cc12)N1CCNCC1. The maximum Gasteiger partial charge on any atom is 0.0458 e. The van der Waals surface area contributed by atoms with E-state index in [0.717, 1.165) is 37.1 Å². The average Bonchev–Trinajstić information content (AvgIpc) is 2.88. The van der Waals surface area contributed by atoms with Crippen LogP contribution in [-0.2, 0) is 0 Å². The van der Waals surface area contributed by atoms with E-state index in [0.29, 0.717) is 6.04 Å². The van der Waals surface area contributed by atoms with Crippen LogP contribution in [0.15, 0.2) is 41.0 Å². The summed E-state index contributed by atoms with van der Waals surface area (Å²) in [7, 11) is 0. The van der Waals surface area contributed by atoms with Crippen LogP contribution in [-0.4, -0.2) is 36.1 Å². The highest BCUT2D eigenvalue weighted by atomic mass is 79.9. The monoisotopic (exact) mass is 347 g/mol. The van der Waals surface area contributed by atoms with Gasteiger partial charge in [-0.15, -0.1) is 6.58 Å². The van der Waals surface area contributed by atoms with Crippen LogP contribution in [0, 0.1) is 0 Å². The van der Waals surface area contributed by atoms with Gasteiger partial charge in [0.15, 0.2) is 0 Å². The van der Waals surface area contributed by atoms with Gasteiger partial charge in [0.25, 0.3) is 0 Å². The average molecular weight is 348 g/mol. The number of hydrogen-bond acceptors (Lipinski definition) is 2. The number of rotatable bonds is 4. The molecule has 1 saturated heterocycles. The standard InChI is InChI=1S/C17H22BrN3/c1-12(2)9-17(21-7-5-19-6-8-21)15-11-20-16-4-3-13(18)10-14(15)16/h3-4,10-11,17,19-20H,1,5-9H2,2H3/t17-/m1/s1. The molecule has 0 saturated carbocycles. The van der Waals surface area contributed by atoms with Gasteiger partial charge in [-0.1, -0.05) is 21.5 Å². The number of halogens is 1. The van der Waals surface area contributed by atoms with Crippen LogP contribution in [0.3, 0.4) is 0 Å². The van der Waals surface area contributed by atoms with Gasteiger partial charge >= 0.3 is 0 Å². The summed E-state index contributed by atoms with van der Waals surface area (Å²) in [6, 6.07) is 6.85. The molecule has 3 rings (SSSR count). The van der Waals surface area contributed by atoms with Crippen molar-refractivity contribution in [3.8, 4) is 0 Å². The predicted octanol–water partition coefficient (Wildman–Crippen LogP) is 3.84. The summed E-state index contributed by atoms with van der Waals surface area (Å²) in [4.78, 5) is 5.99. The first-order chi connectivity index (χ1) is 10.1. The number of fused-ring (bicyclic) bond motifs is 1. The van der Waals surface area contributed by atoms with E-state index in [1.54, 1.807) is 0 Å². The minimum absolute atomic E-state index is 0.410. The molecule has 2 N–H and O–H groups in total. The van der Waals surface area contributed by atoms with E-state index in [9.17, 15) is 0 Å². The van der Waals surface area contributed by atoms with Crippen LogP contribution < -0.4 is 5.32 Å². The van der Waals surface area contributed by atoms with E-state index in [1.807, 2.05) is 0 Å². The number of hydrogen-bond donors (Lipinski definition) is 2. The Hall–Kier alpha value is -1.10. The second-order valence-corrected chi connectivity index (χ2v) is 6.81. The largest absolute Gasteiger partial charge is 0.361 e. The van der Waals surface area contributed by atoms with Gasteiger partial charge in [0.05, 0.1) is 0 Å². The van der Waals surface area contributed by atoms with Gasteiger partial charge in [-0.05, 0) is 37.1 Å². The molecule has 0 amide bonds. The third-order valence-corrected chi connectivity index (χ3v) is 4.66. The topological polar surface area (TPSA) is 31.1 Å². The first kappa shape index (κ1) is 14.8. The maximum absolute atomic E-state index is 4.14. The molecule has 4 heteroatoms. The highest BCUT2D eigenvalue weighted by Gasteiger charge is 2.24. The van der Waals surface area contributed by atoms with Crippen LogP contribution in [0.5, 0.6) is 0 Å². The van der Waals surface area contributed by atoms with Crippen LogP contribution in [0.25, 0.3) is 10.9 Å². The fourth-order valence-electron chi connectivity index (χ4n) is 3.15. The summed E-state index contributed by atoms with van der Waals surface area (Å²) >= 11 is 3.59. The zero-order valence-electron chi connectivity index (χ0n) is 12.5. The fraction of sp³-hybridized carbons (Fsp3) is 0.412. The second kappa shape index (κ2) is 6.34. The maximum atomic E-state index is 4.14. The third-order valence-electron chi connectivity index (χ3n) is 4.17. The Labute approximate surface area is 134 Å². The predicted molar refractivity (Wildman–Crippen MR) is 92.6 cm³/mol. The molecular weight excluding hydrogens is 326 g/mol. The summed E-state index contributed by atoms with van der Waals surface area (Å²) in [5, 5.41) is 4.75. The van der Waals surface area contributed by atoms with Crippen LogP contribution in [0.1, 0.15) is 24.9 Å². The van der Waals surface area contributed by atoms with Gasteiger partial charge in [0.2, 0.25) is 0 Å². The molecule has 1 aliphatic rings. The van der Waals surface area contributed by atoms with Gasteiger partial charge in [-0.2, -0.15) is 0 Å². The molecule has 0 bridgehead atoms. The van der Waals surface area contributed by atoms with Crippen LogP contribution >= 0.6 is 15.9 Å². The van der Waals surface area contributed by atoms with Crippen LogP contribution in [0.4, 0.5) is 0 Å². The normalized spacial score (nSPS) is 18.0. The number of aromatic amines is 1. The molecule has 2 heterocycles. The minimum Gasteiger partial charge on any atom is -0.361 e. The Bertz CT molecular complexity index is 641. The minimum atomic E-state index is 0.410. The van der Waals surface area contributed by atoms with Gasteiger partial charge in [-0.3, -0.25) is 4.90 Å². The Morgan fingerprint density at radius 3 is 2.86 bits per heavy atom. The fourth-order valence-corrected chi connectivity index (χ4v) is 3.51. The Balaban J connectivity index is 2.00. The van der Waals surface area contributed by atoms with E-state index in [2.05, 4.69) is 69.0 Å². The molecule has 2 aromatic rings. The number of nitrogens with zero attached hydrogens (tertiary/aromatic N) is 1. The van der Waals surface area contributed by atoms with Crippen molar-refractivity contribution < 1.29 is 0 Å². The lowest BCUT2D eigenvalue weighted by Gasteiger charge is -2.35. The lowest BCUT2D eigenvalue weighted by molar-refractivity contribution is 0.173. The molecule has 0 radical (unpaired) electrons. The van der Waals surface area contributed by atoms with Crippen molar-refractivity contribution in [2.75, 3.05) is 26.2 Å². The van der Waals surface area contributed by atoms with E-state index >= 15 is 0 Å². The molecule has 1 aliphatic heterocycles. The molecule has 1 aromatic carbocycles. The molecule has 3 nitrogen and oxygen atoms in total. The smallest absolute Gasteiger partial charge is 0.0458 e. The highest BCUT2D eigenvalue weighted by Crippen LogP contribution is 2.34. The Morgan fingerprint density at radius 2 is 2.14 bits per heavy atom. The van der Waals surface area contributed by atoms with E-state index < -0.39 is 0 Å². The quantitative estimate of drug-likeness (QED) is 0.823. The van der Waals surface area contributed by atoms with E-state index in [-0.39, 0.29) is 0 Å². The Morgan fingerprint density at radius 1 is 1.38 bits per heavy atom. The van der Waals surface area contributed by atoms with Crippen molar-refractivity contribution in [3.63, 3.8) is 0 Å². The zero-order chi connectivity index (χ0) is 14.8. The molecule has 1 fully saturated rings. The van der Waals surface area contributed by atoms with Crippen molar-refractivity contribution in [2.24, 2.45) is 0 Å². The molecule has 0 spiro atoms. The van der Waals surface area contributed by atoms with Crippen molar-refractivity contribution in [2.45, 2.75) is 19.4 Å². The molecule has 0 unspecified atom stereocenters. The third kappa shape index (κ3) is 3.23. The molecule has 112 valence electrons. The number of H-pyrrole nitrogens is 1. The lowest BCUT2D eigenvalue weighted by atomic mass is 9.97. The van der Waals surface area contributed by atoms with Gasteiger partial charge < -0.3 is 10.3 Å². The summed E-state index contributed by atoms with van der Waals surface area (Å²) < 4.78 is 1.13. The molecule has 1 aromatic heterocycles. The van der Waals surface area contributed by atoms with E-state index in [1.165, 1.54) is 22.0 Å². The van der Waals surface area contributed by atoms with Crippen molar-refractivity contribution in [1.29, 1.82) is 0 Å². The summed E-state index contributed by atoms with van der Waals surface area (Å²) in [6.07, 6.45) is 3.19. The first-order valence-corrected chi connectivity index (χ1v) is 8.30. The highest BCUT2D eigenvalue weighted by molar-refractivity contribution is 9.10. The summed E-state index contributed by atoms with van der Waals surface area (Å²) in [5.74, 6) is 0. The summed E-state index contributed by atoms with van der Waals surface area (Å²) in [6.45, 7) is 10.6. The second-order valence-electron chi connectivity index (χ2n) is 5.90. The first-order valence-electron chi connectivity index (χ1n) is 7.51. The number of piperazine rings is 1. The zero-order valence-corrected chi connectivity index (χ0v) is 14.0. The lowest BCUT2D eigenvalue weighted by Crippen LogP contribution is -2.45. The molecule has 21 heavy (non-hydrogen) atoms. The van der Waals surface area contributed by atoms with Gasteiger partial charge in [0, 0.05) is 53.8 Å². The number of benzene rings is 1. The van der Waals surface area contributed by atoms with Crippen LogP contribution in [0.2, 0.25) is 0 Å². The van der Waals surface area contributed by atoms with Gasteiger partial charge in [0.1, 0.15) is 0 Å². The molecule has 1 atom stereocenters. The Kier molecular flexibility index (Phi) is 4.48. The number of nitrogens with one attached hydrogen (secondary N) is 2. The summed E-state index contributed by atoms with van der Waals surface area (Å²) in [5.41, 5.74) is 3.83. The molecular formula is C17H22BrN3. The van der Waals surface area contributed by atoms with Crippen molar-refractivity contribution in [1.82, 2.24) is 15.2 Å². The van der Waals surface area contributed by atoms with Crippen molar-refractivity contribution >= 4 is 26.8 Å². The number of aromatic nitrogens is 1. The van der Waals surface area contributed by atoms with Crippen molar-refractivity contribution in [3.05, 3.63) is 46.6 Å².